The second-order valence-electron chi connectivity index (χ2n) is 6.84. The van der Waals surface area contributed by atoms with E-state index in [9.17, 15) is 8.42 Å². The lowest BCUT2D eigenvalue weighted by Crippen LogP contribution is -2.50. The molecule has 0 aliphatic carbocycles. The molecule has 1 aromatic rings. The van der Waals surface area contributed by atoms with E-state index in [-0.39, 0.29) is 17.3 Å². The number of ether oxygens (including phenoxy) is 1. The first-order valence-corrected chi connectivity index (χ1v) is 10.4. The third-order valence-corrected chi connectivity index (χ3v) is 6.69. The van der Waals surface area contributed by atoms with Crippen LogP contribution in [-0.2, 0) is 21.3 Å². The zero-order chi connectivity index (χ0) is 17.0. The maximum Gasteiger partial charge on any atom is 0.211 e. The zero-order valence-corrected chi connectivity index (χ0v) is 15.1. The smallest absolute Gasteiger partial charge is 0.211 e. The molecule has 134 valence electrons. The number of pyridine rings is 1. The summed E-state index contributed by atoms with van der Waals surface area (Å²) in [4.78, 5) is 6.85. The van der Waals surface area contributed by atoms with E-state index < -0.39 is 10.0 Å². The molecule has 0 unspecified atom stereocenters. The maximum atomic E-state index is 11.7. The predicted molar refractivity (Wildman–Crippen MR) is 93.0 cm³/mol. The third-order valence-electron chi connectivity index (χ3n) is 5.28. The van der Waals surface area contributed by atoms with E-state index in [4.69, 9.17) is 4.74 Å². The van der Waals surface area contributed by atoms with Crippen molar-refractivity contribution in [2.45, 2.75) is 38.8 Å². The van der Waals surface area contributed by atoms with Gasteiger partial charge in [0.1, 0.15) is 0 Å². The molecule has 1 aromatic heterocycles. The topological polar surface area (TPSA) is 71.5 Å². The van der Waals surface area contributed by atoms with Gasteiger partial charge in [0.25, 0.3) is 0 Å². The van der Waals surface area contributed by atoms with E-state index in [1.165, 1.54) is 0 Å². The first kappa shape index (κ1) is 17.8. The molecular formula is C17H27N3O3S. The Kier molecular flexibility index (Phi) is 5.54. The number of nitrogens with zero attached hydrogens (tertiary/aromatic N) is 2. The van der Waals surface area contributed by atoms with Gasteiger partial charge in [-0.1, -0.05) is 6.07 Å². The molecular weight excluding hydrogens is 326 g/mol. The molecule has 2 atom stereocenters. The van der Waals surface area contributed by atoms with Crippen LogP contribution in [0.15, 0.2) is 24.4 Å². The minimum Gasteiger partial charge on any atom is -0.378 e. The molecule has 6 nitrogen and oxygen atoms in total. The van der Waals surface area contributed by atoms with Crippen LogP contribution in [0.1, 0.15) is 31.9 Å². The molecule has 0 bridgehead atoms. The molecule has 0 amide bonds. The summed E-state index contributed by atoms with van der Waals surface area (Å²) < 4.78 is 32.0. The fourth-order valence-electron chi connectivity index (χ4n) is 3.92. The Morgan fingerprint density at radius 1 is 1.46 bits per heavy atom. The van der Waals surface area contributed by atoms with Gasteiger partial charge in [-0.2, -0.15) is 0 Å². The lowest BCUT2D eigenvalue weighted by molar-refractivity contribution is -0.0239. The van der Waals surface area contributed by atoms with Gasteiger partial charge in [0.2, 0.25) is 10.0 Å². The van der Waals surface area contributed by atoms with Gasteiger partial charge in [0, 0.05) is 44.4 Å². The Bertz CT molecular complexity index is 638. The van der Waals surface area contributed by atoms with Crippen LogP contribution in [0.2, 0.25) is 0 Å². The van der Waals surface area contributed by atoms with Crippen molar-refractivity contribution >= 4 is 10.0 Å². The summed E-state index contributed by atoms with van der Waals surface area (Å²) in [5.74, 6) is 0.131. The largest absolute Gasteiger partial charge is 0.378 e. The van der Waals surface area contributed by atoms with Gasteiger partial charge in [0.15, 0.2) is 0 Å². The Balaban J connectivity index is 1.63. The number of piperidine rings is 1. The fourth-order valence-corrected chi connectivity index (χ4v) is 4.53. The molecule has 7 heteroatoms. The Hall–Kier alpha value is -1.02. The number of sulfonamides is 1. The van der Waals surface area contributed by atoms with E-state index in [1.54, 1.807) is 6.92 Å². The van der Waals surface area contributed by atoms with Crippen molar-refractivity contribution in [3.8, 4) is 0 Å². The van der Waals surface area contributed by atoms with Crippen LogP contribution in [0.4, 0.5) is 0 Å². The van der Waals surface area contributed by atoms with Gasteiger partial charge in [-0.3, -0.25) is 9.88 Å². The first-order valence-electron chi connectivity index (χ1n) is 8.74. The quantitative estimate of drug-likeness (QED) is 0.802. The summed E-state index contributed by atoms with van der Waals surface area (Å²) >= 11 is 0. The SMILES string of the molecule is CCS(=O)(=O)NCC[C@@]12CCO[C@@H]1CCN(Cc1ccccn1)C2. The Morgan fingerprint density at radius 3 is 3.08 bits per heavy atom. The Morgan fingerprint density at radius 2 is 2.33 bits per heavy atom. The number of hydrogen-bond donors (Lipinski definition) is 1. The van der Waals surface area contributed by atoms with Gasteiger partial charge in [-0.25, -0.2) is 13.1 Å². The van der Waals surface area contributed by atoms with Crippen molar-refractivity contribution in [1.82, 2.24) is 14.6 Å². The van der Waals surface area contributed by atoms with Crippen LogP contribution in [0.25, 0.3) is 0 Å². The summed E-state index contributed by atoms with van der Waals surface area (Å²) in [5, 5.41) is 0. The zero-order valence-electron chi connectivity index (χ0n) is 14.3. The molecule has 0 spiro atoms. The second-order valence-corrected chi connectivity index (χ2v) is 8.94. The molecule has 2 aliphatic heterocycles. The number of aromatic nitrogens is 1. The lowest BCUT2D eigenvalue weighted by atomic mass is 9.74. The number of nitrogens with one attached hydrogen (secondary N) is 1. The highest BCUT2D eigenvalue weighted by Gasteiger charge is 2.47. The summed E-state index contributed by atoms with van der Waals surface area (Å²) in [6.07, 6.45) is 4.92. The minimum atomic E-state index is -3.13. The third kappa shape index (κ3) is 4.14. The molecule has 0 radical (unpaired) electrons. The van der Waals surface area contributed by atoms with Crippen LogP contribution in [0.3, 0.4) is 0 Å². The Labute approximate surface area is 144 Å². The lowest BCUT2D eigenvalue weighted by Gasteiger charge is -2.43. The summed E-state index contributed by atoms with van der Waals surface area (Å²) in [6.45, 7) is 5.73. The molecule has 0 saturated carbocycles. The molecule has 24 heavy (non-hydrogen) atoms. The number of hydrogen-bond acceptors (Lipinski definition) is 5. The fraction of sp³-hybridized carbons (Fsp3) is 0.706. The van der Waals surface area contributed by atoms with E-state index in [0.717, 1.165) is 51.2 Å². The van der Waals surface area contributed by atoms with Crippen LogP contribution in [0.5, 0.6) is 0 Å². The molecule has 3 heterocycles. The molecule has 1 N–H and O–H groups in total. The van der Waals surface area contributed by atoms with Gasteiger partial charge < -0.3 is 4.74 Å². The highest BCUT2D eigenvalue weighted by molar-refractivity contribution is 7.89. The number of fused-ring (bicyclic) bond motifs is 1. The molecule has 3 rings (SSSR count). The van der Waals surface area contributed by atoms with E-state index in [2.05, 4.69) is 20.7 Å². The predicted octanol–water partition coefficient (Wildman–Crippen LogP) is 1.39. The molecule has 2 fully saturated rings. The van der Waals surface area contributed by atoms with Crippen molar-refractivity contribution in [2.24, 2.45) is 5.41 Å². The monoisotopic (exact) mass is 353 g/mol. The van der Waals surface area contributed by atoms with E-state index >= 15 is 0 Å². The van der Waals surface area contributed by atoms with Gasteiger partial charge in [-0.15, -0.1) is 0 Å². The van der Waals surface area contributed by atoms with Crippen molar-refractivity contribution in [3.63, 3.8) is 0 Å². The van der Waals surface area contributed by atoms with Gasteiger partial charge in [-0.05, 0) is 38.3 Å². The first-order chi connectivity index (χ1) is 11.5. The average molecular weight is 353 g/mol. The summed E-state index contributed by atoms with van der Waals surface area (Å²) in [6, 6.07) is 6.00. The summed E-state index contributed by atoms with van der Waals surface area (Å²) in [5.41, 5.74) is 1.14. The average Bonchev–Trinajstić information content (AvgIpc) is 2.98. The van der Waals surface area contributed by atoms with Crippen LogP contribution in [0, 0.1) is 5.41 Å². The van der Waals surface area contributed by atoms with Crippen LogP contribution >= 0.6 is 0 Å². The molecule has 2 saturated heterocycles. The maximum absolute atomic E-state index is 11.7. The van der Waals surface area contributed by atoms with Crippen LogP contribution in [-0.4, -0.2) is 56.4 Å². The van der Waals surface area contributed by atoms with Crippen molar-refractivity contribution in [2.75, 3.05) is 32.0 Å². The number of likely N-dealkylation sites (tertiary alicyclic amines) is 1. The normalized spacial score (nSPS) is 28.0. The molecule has 0 aromatic carbocycles. The van der Waals surface area contributed by atoms with Crippen molar-refractivity contribution in [1.29, 1.82) is 0 Å². The standard InChI is InChI=1S/C17H27N3O3S/c1-2-24(21,22)19-10-7-17-8-12-23-16(17)6-11-20(14-17)13-15-5-3-4-9-18-15/h3-5,9,16,19H,2,6-8,10-14H2,1H3/t16-,17+/m1/s1. The summed E-state index contributed by atoms with van der Waals surface area (Å²) in [7, 11) is -3.13. The van der Waals surface area contributed by atoms with Gasteiger partial charge >= 0.3 is 0 Å². The number of rotatable bonds is 7. The van der Waals surface area contributed by atoms with E-state index in [0.29, 0.717) is 6.54 Å². The second kappa shape index (κ2) is 7.47. The molecule has 2 aliphatic rings. The highest BCUT2D eigenvalue weighted by Crippen LogP contribution is 2.43. The van der Waals surface area contributed by atoms with Gasteiger partial charge in [0.05, 0.1) is 17.6 Å². The highest BCUT2D eigenvalue weighted by atomic mass is 32.2. The van der Waals surface area contributed by atoms with E-state index in [1.807, 2.05) is 18.3 Å². The van der Waals surface area contributed by atoms with Crippen molar-refractivity contribution < 1.29 is 13.2 Å². The van der Waals surface area contributed by atoms with Crippen LogP contribution < -0.4 is 4.72 Å². The minimum absolute atomic E-state index is 0.0588. The van der Waals surface area contributed by atoms with Crippen molar-refractivity contribution in [3.05, 3.63) is 30.1 Å².